The molecule has 0 radical (unpaired) electrons. The SMILES string of the molecule is CC(C)(C)OC(=O)NCCc1c[nH]cc(C=O)c1=O. The second-order valence-corrected chi connectivity index (χ2v) is 5.06. The number of hydrogen-bond donors (Lipinski definition) is 2. The lowest BCUT2D eigenvalue weighted by molar-refractivity contribution is 0.0528. The van der Waals surface area contributed by atoms with Gasteiger partial charge >= 0.3 is 6.09 Å². The van der Waals surface area contributed by atoms with Crippen LogP contribution < -0.4 is 10.7 Å². The number of rotatable bonds is 4. The van der Waals surface area contributed by atoms with Gasteiger partial charge in [0, 0.05) is 24.5 Å². The Kier molecular flexibility index (Phi) is 4.86. The third kappa shape index (κ3) is 4.95. The number of pyridine rings is 1. The van der Waals surface area contributed by atoms with Crippen LogP contribution in [-0.4, -0.2) is 29.5 Å². The number of nitrogens with one attached hydrogen (secondary N) is 2. The van der Waals surface area contributed by atoms with E-state index in [1.807, 2.05) is 0 Å². The van der Waals surface area contributed by atoms with Crippen LogP contribution in [0.1, 0.15) is 36.7 Å². The van der Waals surface area contributed by atoms with Crippen molar-refractivity contribution in [1.82, 2.24) is 10.3 Å². The van der Waals surface area contributed by atoms with Gasteiger partial charge in [0.05, 0.1) is 5.56 Å². The van der Waals surface area contributed by atoms with Crippen molar-refractivity contribution in [1.29, 1.82) is 0 Å². The summed E-state index contributed by atoms with van der Waals surface area (Å²) in [4.78, 5) is 36.4. The maximum atomic E-state index is 11.7. The van der Waals surface area contributed by atoms with E-state index >= 15 is 0 Å². The van der Waals surface area contributed by atoms with E-state index in [2.05, 4.69) is 10.3 Å². The Labute approximate surface area is 111 Å². The molecule has 0 atom stereocenters. The molecule has 0 fully saturated rings. The molecule has 6 heteroatoms. The number of alkyl carbamates (subject to hydrolysis) is 1. The van der Waals surface area contributed by atoms with Crippen LogP contribution in [0, 0.1) is 0 Å². The van der Waals surface area contributed by atoms with Crippen molar-refractivity contribution >= 4 is 12.4 Å². The van der Waals surface area contributed by atoms with Crippen LogP contribution in [0.15, 0.2) is 17.2 Å². The molecule has 1 amide bonds. The fraction of sp³-hybridized carbons (Fsp3) is 0.462. The zero-order chi connectivity index (χ0) is 14.5. The fourth-order valence-corrected chi connectivity index (χ4v) is 1.44. The third-order valence-corrected chi connectivity index (χ3v) is 2.24. The number of aldehydes is 1. The lowest BCUT2D eigenvalue weighted by Gasteiger charge is -2.19. The molecule has 0 saturated heterocycles. The first-order chi connectivity index (χ1) is 8.83. The van der Waals surface area contributed by atoms with E-state index in [9.17, 15) is 14.4 Å². The van der Waals surface area contributed by atoms with Crippen molar-refractivity contribution in [3.05, 3.63) is 33.7 Å². The zero-order valence-electron chi connectivity index (χ0n) is 11.3. The molecule has 1 aromatic rings. The highest BCUT2D eigenvalue weighted by molar-refractivity contribution is 5.74. The van der Waals surface area contributed by atoms with Crippen molar-refractivity contribution in [3.8, 4) is 0 Å². The number of H-pyrrole nitrogens is 1. The molecule has 0 aliphatic heterocycles. The molecule has 2 N–H and O–H groups in total. The van der Waals surface area contributed by atoms with Gasteiger partial charge in [-0.05, 0) is 27.2 Å². The Bertz CT molecular complexity index is 514. The lowest BCUT2D eigenvalue weighted by atomic mass is 10.1. The third-order valence-electron chi connectivity index (χ3n) is 2.24. The molecule has 0 unspecified atom stereocenters. The van der Waals surface area contributed by atoms with Gasteiger partial charge in [-0.15, -0.1) is 0 Å². The molecular formula is C13H18N2O4. The molecule has 1 aromatic heterocycles. The van der Waals surface area contributed by atoms with Crippen molar-refractivity contribution < 1.29 is 14.3 Å². The van der Waals surface area contributed by atoms with Crippen molar-refractivity contribution in [2.24, 2.45) is 0 Å². The number of ether oxygens (including phenoxy) is 1. The van der Waals surface area contributed by atoms with Gasteiger partial charge in [-0.2, -0.15) is 0 Å². The molecule has 1 heterocycles. The van der Waals surface area contributed by atoms with E-state index in [1.54, 1.807) is 20.8 Å². The summed E-state index contributed by atoms with van der Waals surface area (Å²) in [5.41, 5.74) is -0.353. The number of hydrogen-bond acceptors (Lipinski definition) is 4. The summed E-state index contributed by atoms with van der Waals surface area (Å²) in [6.07, 6.45) is 3.17. The highest BCUT2D eigenvalue weighted by atomic mass is 16.6. The minimum absolute atomic E-state index is 0.0785. The molecule has 0 saturated carbocycles. The molecule has 6 nitrogen and oxygen atoms in total. The molecule has 19 heavy (non-hydrogen) atoms. The number of amides is 1. The van der Waals surface area contributed by atoms with Gasteiger partial charge < -0.3 is 15.0 Å². The molecule has 104 valence electrons. The summed E-state index contributed by atoms with van der Waals surface area (Å²) < 4.78 is 5.06. The highest BCUT2D eigenvalue weighted by Crippen LogP contribution is 2.06. The molecule has 0 aliphatic carbocycles. The Morgan fingerprint density at radius 2 is 2.11 bits per heavy atom. The normalized spacial score (nSPS) is 10.9. The molecule has 0 aliphatic rings. The van der Waals surface area contributed by atoms with E-state index in [0.717, 1.165) is 0 Å². The van der Waals surface area contributed by atoms with E-state index in [-0.39, 0.29) is 17.5 Å². The maximum Gasteiger partial charge on any atom is 0.407 e. The van der Waals surface area contributed by atoms with Gasteiger partial charge in [0.25, 0.3) is 0 Å². The first-order valence-corrected chi connectivity index (χ1v) is 5.95. The van der Waals surface area contributed by atoms with Gasteiger partial charge in [0.15, 0.2) is 11.7 Å². The number of aromatic amines is 1. The summed E-state index contributed by atoms with van der Waals surface area (Å²) in [5, 5.41) is 2.55. The Hall–Kier alpha value is -2.11. The average Bonchev–Trinajstić information content (AvgIpc) is 2.29. The topological polar surface area (TPSA) is 88.3 Å². The predicted octanol–water partition coefficient (Wildman–Crippen LogP) is 1.25. The quantitative estimate of drug-likeness (QED) is 0.803. The average molecular weight is 266 g/mol. The minimum Gasteiger partial charge on any atom is -0.444 e. The summed E-state index contributed by atoms with van der Waals surface area (Å²) in [5.74, 6) is 0. The monoisotopic (exact) mass is 266 g/mol. The standard InChI is InChI=1S/C13H18N2O4/c1-13(2,3)19-12(18)15-5-4-9-6-14-7-10(8-16)11(9)17/h6-8H,4-5H2,1-3H3,(H,14,17)(H,15,18). The van der Waals surface area contributed by atoms with E-state index in [1.165, 1.54) is 12.4 Å². The first kappa shape index (κ1) is 14.9. The first-order valence-electron chi connectivity index (χ1n) is 5.95. The predicted molar refractivity (Wildman–Crippen MR) is 70.4 cm³/mol. The van der Waals surface area contributed by atoms with Gasteiger partial charge in [-0.3, -0.25) is 9.59 Å². The highest BCUT2D eigenvalue weighted by Gasteiger charge is 2.15. The van der Waals surface area contributed by atoms with Crippen LogP contribution in [0.2, 0.25) is 0 Å². The van der Waals surface area contributed by atoms with Crippen LogP contribution in [0.4, 0.5) is 4.79 Å². The van der Waals surface area contributed by atoms with Crippen LogP contribution in [-0.2, 0) is 11.2 Å². The Morgan fingerprint density at radius 1 is 1.42 bits per heavy atom. The van der Waals surface area contributed by atoms with Crippen LogP contribution >= 0.6 is 0 Å². The van der Waals surface area contributed by atoms with Gasteiger partial charge in [0.1, 0.15) is 5.60 Å². The zero-order valence-corrected chi connectivity index (χ0v) is 11.3. The van der Waals surface area contributed by atoms with Crippen molar-refractivity contribution in [2.45, 2.75) is 32.8 Å². The largest absolute Gasteiger partial charge is 0.444 e. The molecule has 0 spiro atoms. The Morgan fingerprint density at radius 3 is 2.68 bits per heavy atom. The molecular weight excluding hydrogens is 248 g/mol. The van der Waals surface area contributed by atoms with E-state index in [4.69, 9.17) is 4.74 Å². The van der Waals surface area contributed by atoms with Gasteiger partial charge in [-0.25, -0.2) is 4.79 Å². The van der Waals surface area contributed by atoms with Crippen molar-refractivity contribution in [3.63, 3.8) is 0 Å². The van der Waals surface area contributed by atoms with Crippen molar-refractivity contribution in [2.75, 3.05) is 6.54 Å². The van der Waals surface area contributed by atoms with Gasteiger partial charge in [-0.1, -0.05) is 0 Å². The maximum absolute atomic E-state index is 11.7. The van der Waals surface area contributed by atoms with Crippen LogP contribution in [0.5, 0.6) is 0 Å². The number of carbonyl (C=O) groups is 2. The van der Waals surface area contributed by atoms with E-state index < -0.39 is 11.7 Å². The van der Waals surface area contributed by atoms with E-state index in [0.29, 0.717) is 18.3 Å². The fourth-order valence-electron chi connectivity index (χ4n) is 1.44. The summed E-state index contributed by atoms with van der Waals surface area (Å²) in [6, 6.07) is 0. The summed E-state index contributed by atoms with van der Waals surface area (Å²) in [7, 11) is 0. The molecule has 0 bridgehead atoms. The smallest absolute Gasteiger partial charge is 0.407 e. The second kappa shape index (κ2) is 6.17. The van der Waals surface area contributed by atoms with Crippen LogP contribution in [0.25, 0.3) is 0 Å². The van der Waals surface area contributed by atoms with Crippen LogP contribution in [0.3, 0.4) is 0 Å². The molecule has 1 rings (SSSR count). The number of aromatic nitrogens is 1. The minimum atomic E-state index is -0.557. The second-order valence-electron chi connectivity index (χ2n) is 5.06. The number of carbonyl (C=O) groups excluding carboxylic acids is 2. The summed E-state index contributed by atoms with van der Waals surface area (Å²) in [6.45, 7) is 5.57. The summed E-state index contributed by atoms with van der Waals surface area (Å²) >= 11 is 0. The Balaban J connectivity index is 2.53. The molecule has 0 aromatic carbocycles. The van der Waals surface area contributed by atoms with Gasteiger partial charge in [0.2, 0.25) is 0 Å². The lowest BCUT2D eigenvalue weighted by Crippen LogP contribution is -2.34.